The van der Waals surface area contributed by atoms with Crippen LogP contribution >= 0.6 is 23.1 Å². The smallest absolute Gasteiger partial charge is 0.307 e. The molecule has 0 amide bonds. The summed E-state index contributed by atoms with van der Waals surface area (Å²) in [5.74, 6) is 0. The molecule has 0 saturated carbocycles. The molecule has 0 aromatic carbocycles. The van der Waals surface area contributed by atoms with E-state index in [4.69, 9.17) is 0 Å². The zero-order chi connectivity index (χ0) is 15.7. The summed E-state index contributed by atoms with van der Waals surface area (Å²) in [4.78, 5) is 21.5. The lowest BCUT2D eigenvalue weighted by Gasteiger charge is -2.36. The first kappa shape index (κ1) is 16.1. The summed E-state index contributed by atoms with van der Waals surface area (Å²) in [7, 11) is 0. The Bertz CT molecular complexity index is 611. The number of rotatable bonds is 3. The maximum atomic E-state index is 11.7. The normalized spacial score (nSPS) is 22.1. The van der Waals surface area contributed by atoms with Gasteiger partial charge in [-0.3, -0.25) is 14.7 Å². The molecule has 0 N–H and O–H groups in total. The number of hydrogen-bond donors (Lipinski definition) is 0. The first-order valence-corrected chi connectivity index (χ1v) is 9.50. The van der Waals surface area contributed by atoms with E-state index in [-0.39, 0.29) is 9.62 Å². The average Bonchev–Trinajstić information content (AvgIpc) is 3.00. The summed E-state index contributed by atoms with van der Waals surface area (Å²) in [6.45, 7) is 13.4. The van der Waals surface area contributed by atoms with Crippen molar-refractivity contribution in [3.63, 3.8) is 0 Å². The van der Waals surface area contributed by atoms with Gasteiger partial charge in [0.05, 0.1) is 6.54 Å². The van der Waals surface area contributed by atoms with Gasteiger partial charge in [-0.2, -0.15) is 0 Å². The number of aliphatic imine (C=N–C) groups is 1. The van der Waals surface area contributed by atoms with Crippen LogP contribution in [0.2, 0.25) is 0 Å². The zero-order valence-electron chi connectivity index (χ0n) is 13.5. The van der Waals surface area contributed by atoms with Crippen LogP contribution in [0.25, 0.3) is 0 Å². The van der Waals surface area contributed by atoms with E-state index >= 15 is 0 Å². The van der Waals surface area contributed by atoms with Gasteiger partial charge in [0, 0.05) is 55.1 Å². The van der Waals surface area contributed by atoms with E-state index in [1.807, 2.05) is 28.6 Å². The standard InChI is InChI=1S/C15H24N4OS2/c1-12-10-21-14(20)19(12)9-6-17-4-7-18(8-5-17)13-16-11-15(2,3)22-13/h10H,4-9,11H2,1-3H3. The van der Waals surface area contributed by atoms with Crippen LogP contribution in [0.3, 0.4) is 0 Å². The van der Waals surface area contributed by atoms with Gasteiger partial charge in [-0.15, -0.1) is 0 Å². The number of aryl methyl sites for hydroxylation is 1. The van der Waals surface area contributed by atoms with E-state index < -0.39 is 0 Å². The summed E-state index contributed by atoms with van der Waals surface area (Å²) >= 11 is 3.20. The minimum absolute atomic E-state index is 0.162. The molecule has 5 nitrogen and oxygen atoms in total. The van der Waals surface area contributed by atoms with Gasteiger partial charge in [-0.05, 0) is 20.8 Å². The number of nitrogens with zero attached hydrogens (tertiary/aromatic N) is 4. The largest absolute Gasteiger partial charge is 0.349 e. The van der Waals surface area contributed by atoms with Crippen LogP contribution in [0.4, 0.5) is 0 Å². The molecule has 0 atom stereocenters. The topological polar surface area (TPSA) is 40.8 Å². The van der Waals surface area contributed by atoms with Crippen LogP contribution in [-0.4, -0.2) is 63.6 Å². The number of piperazine rings is 1. The number of thiazole rings is 1. The first-order chi connectivity index (χ1) is 10.4. The molecule has 0 spiro atoms. The minimum Gasteiger partial charge on any atom is -0.349 e. The van der Waals surface area contributed by atoms with Crippen LogP contribution in [0.5, 0.6) is 0 Å². The highest BCUT2D eigenvalue weighted by atomic mass is 32.2. The van der Waals surface area contributed by atoms with Crippen molar-refractivity contribution in [3.05, 3.63) is 20.7 Å². The quantitative estimate of drug-likeness (QED) is 0.840. The summed E-state index contributed by atoms with van der Waals surface area (Å²) in [5.41, 5.74) is 1.08. The van der Waals surface area contributed by atoms with Gasteiger partial charge in [0.2, 0.25) is 0 Å². The van der Waals surface area contributed by atoms with E-state index in [1.54, 1.807) is 0 Å². The Morgan fingerprint density at radius 2 is 1.95 bits per heavy atom. The molecule has 1 saturated heterocycles. The van der Waals surface area contributed by atoms with Crippen molar-refractivity contribution in [1.82, 2.24) is 14.4 Å². The molecular formula is C15H24N4OS2. The maximum Gasteiger partial charge on any atom is 0.307 e. The predicted molar refractivity (Wildman–Crippen MR) is 95.3 cm³/mol. The third kappa shape index (κ3) is 3.58. The van der Waals surface area contributed by atoms with Crippen molar-refractivity contribution in [1.29, 1.82) is 0 Å². The van der Waals surface area contributed by atoms with Crippen molar-refractivity contribution >= 4 is 28.3 Å². The molecule has 0 unspecified atom stereocenters. The molecular weight excluding hydrogens is 316 g/mol. The summed E-state index contributed by atoms with van der Waals surface area (Å²) in [6, 6.07) is 0. The van der Waals surface area contributed by atoms with Gasteiger partial charge in [0.1, 0.15) is 0 Å². The highest BCUT2D eigenvalue weighted by Gasteiger charge is 2.31. The van der Waals surface area contributed by atoms with Gasteiger partial charge >= 0.3 is 4.87 Å². The minimum atomic E-state index is 0.162. The second-order valence-electron chi connectivity index (χ2n) is 6.58. The summed E-state index contributed by atoms with van der Waals surface area (Å²) < 4.78 is 2.14. The fourth-order valence-electron chi connectivity index (χ4n) is 2.81. The third-order valence-electron chi connectivity index (χ3n) is 4.22. The van der Waals surface area contributed by atoms with E-state index in [0.717, 1.165) is 51.5 Å². The Labute approximate surface area is 140 Å². The molecule has 3 rings (SSSR count). The second-order valence-corrected chi connectivity index (χ2v) is 9.08. The average molecular weight is 341 g/mol. The van der Waals surface area contributed by atoms with Crippen molar-refractivity contribution < 1.29 is 0 Å². The highest BCUT2D eigenvalue weighted by molar-refractivity contribution is 8.15. The van der Waals surface area contributed by atoms with Gasteiger partial charge < -0.3 is 9.47 Å². The monoisotopic (exact) mass is 340 g/mol. The number of amidine groups is 1. The molecule has 0 bridgehead atoms. The summed E-state index contributed by atoms with van der Waals surface area (Å²) in [6.07, 6.45) is 0. The summed E-state index contributed by atoms with van der Waals surface area (Å²) in [5, 5.41) is 3.16. The Kier molecular flexibility index (Phi) is 4.66. The van der Waals surface area contributed by atoms with Gasteiger partial charge in [0.25, 0.3) is 0 Å². The van der Waals surface area contributed by atoms with E-state index in [9.17, 15) is 4.79 Å². The lowest BCUT2D eigenvalue weighted by atomic mass is 10.2. The van der Waals surface area contributed by atoms with Crippen LogP contribution in [0.1, 0.15) is 19.5 Å². The first-order valence-electron chi connectivity index (χ1n) is 7.80. The molecule has 2 aliphatic heterocycles. The van der Waals surface area contributed by atoms with Gasteiger partial charge in [-0.25, -0.2) is 0 Å². The van der Waals surface area contributed by atoms with E-state index in [1.165, 1.54) is 16.5 Å². The number of hydrogen-bond acceptors (Lipinski definition) is 6. The Hall–Kier alpha value is -0.790. The highest BCUT2D eigenvalue weighted by Crippen LogP contribution is 2.33. The van der Waals surface area contributed by atoms with Crippen molar-refractivity contribution in [2.75, 3.05) is 39.3 Å². The van der Waals surface area contributed by atoms with Crippen molar-refractivity contribution in [2.24, 2.45) is 4.99 Å². The lowest BCUT2D eigenvalue weighted by Crippen LogP contribution is -2.48. The lowest BCUT2D eigenvalue weighted by molar-refractivity contribution is 0.178. The fourth-order valence-corrected chi connectivity index (χ4v) is 4.64. The molecule has 3 heterocycles. The Morgan fingerprint density at radius 3 is 2.50 bits per heavy atom. The molecule has 0 aliphatic carbocycles. The van der Waals surface area contributed by atoms with Crippen molar-refractivity contribution in [3.8, 4) is 0 Å². The Balaban J connectivity index is 1.47. The molecule has 2 aliphatic rings. The van der Waals surface area contributed by atoms with Gasteiger partial charge in [-0.1, -0.05) is 23.1 Å². The molecule has 1 aromatic rings. The van der Waals surface area contributed by atoms with Crippen LogP contribution < -0.4 is 4.87 Å². The van der Waals surface area contributed by atoms with E-state index in [2.05, 4.69) is 28.6 Å². The van der Waals surface area contributed by atoms with Gasteiger partial charge in [0.15, 0.2) is 5.17 Å². The second kappa shape index (κ2) is 6.37. The van der Waals surface area contributed by atoms with Crippen LogP contribution in [-0.2, 0) is 6.54 Å². The molecule has 22 heavy (non-hydrogen) atoms. The molecule has 7 heteroatoms. The third-order valence-corrected chi connectivity index (χ3v) is 6.35. The van der Waals surface area contributed by atoms with Crippen LogP contribution in [0.15, 0.2) is 15.2 Å². The van der Waals surface area contributed by atoms with E-state index in [0.29, 0.717) is 0 Å². The molecule has 122 valence electrons. The molecule has 1 aromatic heterocycles. The number of aromatic nitrogens is 1. The maximum absolute atomic E-state index is 11.7. The Morgan fingerprint density at radius 1 is 1.23 bits per heavy atom. The molecule has 1 fully saturated rings. The zero-order valence-corrected chi connectivity index (χ0v) is 15.2. The fraction of sp³-hybridized carbons (Fsp3) is 0.733. The number of thioether (sulfide) groups is 1. The van der Waals surface area contributed by atoms with Crippen molar-refractivity contribution in [2.45, 2.75) is 32.1 Å². The SMILES string of the molecule is Cc1csc(=O)n1CCN1CCN(C2=NCC(C)(C)S2)CC1. The predicted octanol–water partition coefficient (Wildman–Crippen LogP) is 1.72. The molecule has 0 radical (unpaired) electrons. The van der Waals surface area contributed by atoms with Crippen LogP contribution in [0, 0.1) is 6.92 Å².